The van der Waals surface area contributed by atoms with Crippen molar-refractivity contribution in [3.8, 4) is 0 Å². The Balaban J connectivity index is 1.68. The predicted molar refractivity (Wildman–Crippen MR) is 150 cm³/mol. The van der Waals surface area contributed by atoms with E-state index in [9.17, 15) is 14.7 Å². The second-order valence-corrected chi connectivity index (χ2v) is 12.4. The van der Waals surface area contributed by atoms with Gasteiger partial charge in [0.2, 0.25) is 0 Å². The van der Waals surface area contributed by atoms with Crippen molar-refractivity contribution in [1.82, 2.24) is 0 Å². The Bertz CT molecular complexity index is 883. The molecule has 3 aliphatic rings. The summed E-state index contributed by atoms with van der Waals surface area (Å²) in [6, 6.07) is 0. The molecular weight excluding hydrogens is 516 g/mol. The first-order valence-corrected chi connectivity index (χ1v) is 15.3. The smallest absolute Gasteiger partial charge is 0.316 e. The maximum absolute atomic E-state index is 12.7. The third-order valence-electron chi connectivity index (χ3n) is 9.82. The van der Waals surface area contributed by atoms with Gasteiger partial charge in [-0.2, -0.15) is 0 Å². The summed E-state index contributed by atoms with van der Waals surface area (Å²) in [5.41, 5.74) is 3.06. The third-order valence-corrected chi connectivity index (χ3v) is 10.3. The van der Waals surface area contributed by atoms with E-state index < -0.39 is 5.60 Å². The average molecular weight is 564 g/mol. The number of rotatable bonds is 10. The highest BCUT2D eigenvalue weighted by atomic mass is 79.9. The van der Waals surface area contributed by atoms with Crippen LogP contribution in [-0.4, -0.2) is 33.9 Å². The molecule has 0 radical (unpaired) electrons. The van der Waals surface area contributed by atoms with Crippen LogP contribution in [0.5, 0.6) is 0 Å². The summed E-state index contributed by atoms with van der Waals surface area (Å²) in [5, 5.41) is 10.8. The first-order valence-electron chi connectivity index (χ1n) is 14.2. The van der Waals surface area contributed by atoms with Crippen molar-refractivity contribution in [2.75, 3.05) is 5.33 Å². The van der Waals surface area contributed by atoms with Crippen molar-refractivity contribution in [3.05, 3.63) is 35.5 Å². The van der Waals surface area contributed by atoms with E-state index in [1.807, 2.05) is 13.8 Å². The van der Waals surface area contributed by atoms with E-state index in [1.54, 1.807) is 5.57 Å². The molecule has 0 amide bonds. The highest BCUT2D eigenvalue weighted by Crippen LogP contribution is 2.60. The molecule has 0 aliphatic heterocycles. The number of carbonyl (C=O) groups excluding carboxylic acids is 2. The van der Waals surface area contributed by atoms with Gasteiger partial charge in [0, 0.05) is 12.8 Å². The van der Waals surface area contributed by atoms with Gasteiger partial charge in [0.25, 0.3) is 0 Å². The Morgan fingerprint density at radius 3 is 2.61 bits per heavy atom. The molecule has 1 unspecified atom stereocenters. The standard InChI is InChI=1S/C31H47BrO4/c1-6-31(35,7-2)28(33)17-11-22(4)26-15-16-27-23(9-8-18-30(26,27)5)12-13-24-19-25(14-10-21(24)3)36-29(34)20-32/h12-13,22,25-27,35H,3,6-11,14-20H2,1-2,4-5H3/t22-,25+,26-,27?,30-/m1/s1. The van der Waals surface area contributed by atoms with Gasteiger partial charge in [-0.25, -0.2) is 0 Å². The topological polar surface area (TPSA) is 63.6 Å². The molecule has 1 N–H and O–H groups in total. The highest BCUT2D eigenvalue weighted by molar-refractivity contribution is 9.09. The zero-order valence-corrected chi connectivity index (χ0v) is 24.5. The molecule has 3 saturated carbocycles. The van der Waals surface area contributed by atoms with Crippen molar-refractivity contribution < 1.29 is 19.4 Å². The molecule has 4 nitrogen and oxygen atoms in total. The van der Waals surface area contributed by atoms with Gasteiger partial charge in [0.15, 0.2) is 5.78 Å². The van der Waals surface area contributed by atoms with Crippen LogP contribution < -0.4 is 0 Å². The first kappa shape index (κ1) is 29.4. The molecule has 0 bridgehead atoms. The summed E-state index contributed by atoms with van der Waals surface area (Å²) in [4.78, 5) is 24.4. The van der Waals surface area contributed by atoms with E-state index in [-0.39, 0.29) is 28.6 Å². The van der Waals surface area contributed by atoms with Crippen LogP contribution in [0.15, 0.2) is 35.5 Å². The fourth-order valence-corrected chi connectivity index (χ4v) is 7.48. The molecule has 5 atom stereocenters. The number of ketones is 1. The normalized spacial score (nSPS) is 31.9. The van der Waals surface area contributed by atoms with E-state index in [4.69, 9.17) is 4.74 Å². The third kappa shape index (κ3) is 6.43. The summed E-state index contributed by atoms with van der Waals surface area (Å²) in [6.45, 7) is 12.9. The summed E-state index contributed by atoms with van der Waals surface area (Å²) >= 11 is 3.19. The summed E-state index contributed by atoms with van der Waals surface area (Å²) in [6.07, 6.45) is 15.4. The number of Topliss-reactive ketones (excluding diaryl/α,β-unsaturated/α-hetero) is 1. The molecule has 0 aromatic heterocycles. The fourth-order valence-electron chi connectivity index (χ4n) is 7.35. The lowest BCUT2D eigenvalue weighted by Crippen LogP contribution is -2.38. The highest BCUT2D eigenvalue weighted by Gasteiger charge is 2.50. The van der Waals surface area contributed by atoms with E-state index in [0.29, 0.717) is 37.0 Å². The number of esters is 1. The molecule has 0 saturated heterocycles. The van der Waals surface area contributed by atoms with E-state index in [0.717, 1.165) is 32.1 Å². The average Bonchev–Trinajstić information content (AvgIpc) is 3.24. The van der Waals surface area contributed by atoms with Crippen LogP contribution in [0.25, 0.3) is 0 Å². The molecule has 3 fully saturated rings. The second-order valence-electron chi connectivity index (χ2n) is 11.8. The number of carbonyl (C=O) groups is 2. The number of fused-ring (bicyclic) bond motifs is 1. The van der Waals surface area contributed by atoms with Crippen LogP contribution in [0.1, 0.15) is 105 Å². The quantitative estimate of drug-likeness (QED) is 0.219. The molecule has 0 aromatic rings. The van der Waals surface area contributed by atoms with Crippen LogP contribution >= 0.6 is 15.9 Å². The van der Waals surface area contributed by atoms with Crippen molar-refractivity contribution >= 4 is 27.7 Å². The number of halogens is 1. The van der Waals surface area contributed by atoms with E-state index >= 15 is 0 Å². The maximum atomic E-state index is 12.7. The minimum atomic E-state index is -1.15. The first-order chi connectivity index (χ1) is 17.1. The molecule has 36 heavy (non-hydrogen) atoms. The Morgan fingerprint density at radius 1 is 1.22 bits per heavy atom. The molecule has 202 valence electrons. The van der Waals surface area contributed by atoms with Crippen LogP contribution in [0, 0.1) is 23.2 Å². The second kappa shape index (κ2) is 12.6. The number of hydrogen-bond donors (Lipinski definition) is 1. The Labute approximate surface area is 227 Å². The molecule has 0 spiro atoms. The van der Waals surface area contributed by atoms with Gasteiger partial charge in [-0.3, -0.25) is 9.59 Å². The number of allylic oxidation sites excluding steroid dienone is 4. The zero-order chi connectivity index (χ0) is 26.5. The number of ether oxygens (including phenoxy) is 1. The minimum Gasteiger partial charge on any atom is -0.461 e. The van der Waals surface area contributed by atoms with Gasteiger partial charge in [-0.15, -0.1) is 0 Å². The Kier molecular flexibility index (Phi) is 10.2. The SMILES string of the molecule is C=C1CC[C@H](OC(=O)CBr)CC1=CC=C1CCC[C@@]2(C)C1CC[C@@H]2[C@H](C)CCC(=O)C(O)(CC)CC. The number of hydrogen-bond acceptors (Lipinski definition) is 4. The van der Waals surface area contributed by atoms with Crippen LogP contribution in [0.2, 0.25) is 0 Å². The molecule has 0 heterocycles. The molecule has 3 aliphatic carbocycles. The minimum absolute atomic E-state index is 0.0164. The fraction of sp³-hybridized carbons (Fsp3) is 0.742. The van der Waals surface area contributed by atoms with Gasteiger partial charge < -0.3 is 9.84 Å². The van der Waals surface area contributed by atoms with Crippen molar-refractivity contribution in [2.24, 2.45) is 23.2 Å². The lowest BCUT2D eigenvalue weighted by molar-refractivity contribution is -0.146. The summed E-state index contributed by atoms with van der Waals surface area (Å²) in [5.74, 6) is 1.49. The van der Waals surface area contributed by atoms with Crippen LogP contribution in [-0.2, 0) is 14.3 Å². The van der Waals surface area contributed by atoms with Crippen LogP contribution in [0.3, 0.4) is 0 Å². The predicted octanol–water partition coefficient (Wildman–Crippen LogP) is 7.64. The number of aliphatic hydroxyl groups is 1. The summed E-state index contributed by atoms with van der Waals surface area (Å²) < 4.78 is 5.58. The summed E-state index contributed by atoms with van der Waals surface area (Å²) in [7, 11) is 0. The largest absolute Gasteiger partial charge is 0.461 e. The Morgan fingerprint density at radius 2 is 1.94 bits per heavy atom. The van der Waals surface area contributed by atoms with E-state index in [1.165, 1.54) is 36.8 Å². The molecule has 5 heteroatoms. The molecule has 3 rings (SSSR count). The maximum Gasteiger partial charge on any atom is 0.316 e. The van der Waals surface area contributed by atoms with Gasteiger partial charge in [-0.05, 0) is 93.0 Å². The van der Waals surface area contributed by atoms with Crippen molar-refractivity contribution in [2.45, 2.75) is 116 Å². The van der Waals surface area contributed by atoms with E-state index in [2.05, 4.69) is 48.5 Å². The zero-order valence-electron chi connectivity index (χ0n) is 22.9. The van der Waals surface area contributed by atoms with Crippen molar-refractivity contribution in [3.63, 3.8) is 0 Å². The van der Waals surface area contributed by atoms with Gasteiger partial charge in [0.05, 0.1) is 0 Å². The van der Waals surface area contributed by atoms with Gasteiger partial charge in [-0.1, -0.05) is 73.5 Å². The molecule has 0 aromatic carbocycles. The van der Waals surface area contributed by atoms with Gasteiger partial charge >= 0.3 is 5.97 Å². The lowest BCUT2D eigenvalue weighted by atomic mass is 9.60. The van der Waals surface area contributed by atoms with Crippen molar-refractivity contribution in [1.29, 1.82) is 0 Å². The van der Waals surface area contributed by atoms with Gasteiger partial charge in [0.1, 0.15) is 17.0 Å². The number of alkyl halides is 1. The Hall–Kier alpha value is -1.20. The lowest BCUT2D eigenvalue weighted by Gasteiger charge is -2.44. The van der Waals surface area contributed by atoms with Crippen LogP contribution in [0.4, 0.5) is 0 Å². The monoisotopic (exact) mass is 562 g/mol. The molecular formula is C31H47BrO4.